The molecule has 1 nitrogen and oxygen atoms in total. The Morgan fingerprint density at radius 1 is 1.29 bits per heavy atom. The van der Waals surface area contributed by atoms with E-state index in [0.29, 0.717) is 0 Å². The molecule has 1 heterocycles. The first-order chi connectivity index (χ1) is 6.93. The molecule has 1 rings (SSSR count). The van der Waals surface area contributed by atoms with Gasteiger partial charge >= 0.3 is 0 Å². The lowest BCUT2D eigenvalue weighted by Gasteiger charge is -1.92. The zero-order chi connectivity index (χ0) is 10.1. The smallest absolute Gasteiger partial charge is 0.0428 e. The van der Waals surface area contributed by atoms with E-state index in [2.05, 4.69) is 23.7 Å². The third-order valence-electron chi connectivity index (χ3n) is 2.05. The predicted molar refractivity (Wildman–Crippen MR) is 59.9 cm³/mol. The maximum atomic E-state index is 4.01. The van der Waals surface area contributed by atoms with Crippen molar-refractivity contribution >= 4 is 0 Å². The molecule has 0 aliphatic rings. The highest BCUT2D eigenvalue weighted by molar-refractivity contribution is 5.30. The molecule has 1 heteroatoms. The summed E-state index contributed by atoms with van der Waals surface area (Å²) in [5, 5.41) is 0. The number of rotatable bonds is 4. The summed E-state index contributed by atoms with van der Waals surface area (Å²) < 4.78 is 0. The topological polar surface area (TPSA) is 12.9 Å². The first-order valence-corrected chi connectivity index (χ1v) is 5.32. The van der Waals surface area contributed by atoms with Gasteiger partial charge in [0, 0.05) is 24.4 Å². The lowest BCUT2D eigenvalue weighted by molar-refractivity contribution is 0.679. The zero-order valence-corrected chi connectivity index (χ0v) is 8.79. The molecule has 74 valence electrons. The van der Waals surface area contributed by atoms with Gasteiger partial charge in [-0.1, -0.05) is 38.0 Å². The largest absolute Gasteiger partial charge is 0.263 e. The van der Waals surface area contributed by atoms with Crippen molar-refractivity contribution in [1.29, 1.82) is 0 Å². The fraction of sp³-hybridized carbons (Fsp3) is 0.462. The standard InChI is InChI=1S/C13H17N/c1-2-3-4-5-6-7-9-13-10-8-11-14-12-13/h8,10-12H,2-6H2,1H3. The molecule has 0 radical (unpaired) electrons. The van der Waals surface area contributed by atoms with Crippen LogP contribution in [0.5, 0.6) is 0 Å². The Labute approximate surface area is 86.6 Å². The molecular weight excluding hydrogens is 170 g/mol. The van der Waals surface area contributed by atoms with Crippen LogP contribution in [0.2, 0.25) is 0 Å². The molecule has 14 heavy (non-hydrogen) atoms. The van der Waals surface area contributed by atoms with E-state index >= 15 is 0 Å². The molecule has 0 bridgehead atoms. The van der Waals surface area contributed by atoms with Crippen molar-refractivity contribution in [1.82, 2.24) is 4.98 Å². The fourth-order valence-electron chi connectivity index (χ4n) is 1.24. The summed E-state index contributed by atoms with van der Waals surface area (Å²) in [5.41, 5.74) is 1.02. The molecule has 0 fully saturated rings. The molecule has 0 saturated heterocycles. The summed E-state index contributed by atoms with van der Waals surface area (Å²) in [6.07, 6.45) is 9.73. The normalized spacial score (nSPS) is 9.21. The van der Waals surface area contributed by atoms with Crippen LogP contribution >= 0.6 is 0 Å². The van der Waals surface area contributed by atoms with Crippen molar-refractivity contribution in [2.45, 2.75) is 39.0 Å². The molecule has 0 amide bonds. The van der Waals surface area contributed by atoms with Crippen LogP contribution in [0.3, 0.4) is 0 Å². The van der Waals surface area contributed by atoms with E-state index in [9.17, 15) is 0 Å². The average Bonchev–Trinajstić information content (AvgIpc) is 2.25. The van der Waals surface area contributed by atoms with Crippen LogP contribution in [-0.4, -0.2) is 4.98 Å². The van der Waals surface area contributed by atoms with Crippen molar-refractivity contribution in [3.05, 3.63) is 30.1 Å². The molecule has 0 aliphatic heterocycles. The van der Waals surface area contributed by atoms with E-state index in [1.54, 1.807) is 12.4 Å². The number of nitrogens with zero attached hydrogens (tertiary/aromatic N) is 1. The van der Waals surface area contributed by atoms with Gasteiger partial charge in [0.2, 0.25) is 0 Å². The van der Waals surface area contributed by atoms with E-state index in [1.807, 2.05) is 12.1 Å². The van der Waals surface area contributed by atoms with Gasteiger partial charge in [-0.3, -0.25) is 4.98 Å². The van der Waals surface area contributed by atoms with Crippen molar-refractivity contribution in [3.8, 4) is 11.8 Å². The maximum absolute atomic E-state index is 4.01. The second-order valence-electron chi connectivity index (χ2n) is 3.35. The highest BCUT2D eigenvalue weighted by Crippen LogP contribution is 2.01. The van der Waals surface area contributed by atoms with Crippen LogP contribution < -0.4 is 0 Å². The molecule has 1 aromatic rings. The molecule has 0 unspecified atom stereocenters. The first kappa shape index (κ1) is 10.8. The molecule has 0 saturated carbocycles. The monoisotopic (exact) mass is 187 g/mol. The summed E-state index contributed by atoms with van der Waals surface area (Å²) in [7, 11) is 0. The van der Waals surface area contributed by atoms with Crippen molar-refractivity contribution < 1.29 is 0 Å². The second-order valence-corrected chi connectivity index (χ2v) is 3.35. The summed E-state index contributed by atoms with van der Waals surface area (Å²) in [6, 6.07) is 3.91. The van der Waals surface area contributed by atoms with Crippen molar-refractivity contribution in [3.63, 3.8) is 0 Å². The summed E-state index contributed by atoms with van der Waals surface area (Å²) in [5.74, 6) is 6.28. The predicted octanol–water partition coefficient (Wildman–Crippen LogP) is 3.40. The molecule has 0 aromatic carbocycles. The molecule has 0 atom stereocenters. The quantitative estimate of drug-likeness (QED) is 0.520. The number of pyridine rings is 1. The highest BCUT2D eigenvalue weighted by atomic mass is 14.6. The third kappa shape index (κ3) is 4.67. The van der Waals surface area contributed by atoms with Gasteiger partial charge in [-0.15, -0.1) is 0 Å². The minimum absolute atomic E-state index is 1.01. The number of aromatic nitrogens is 1. The average molecular weight is 187 g/mol. The Morgan fingerprint density at radius 2 is 2.21 bits per heavy atom. The molecule has 0 spiro atoms. The lowest BCUT2D eigenvalue weighted by atomic mass is 10.1. The van der Waals surface area contributed by atoms with E-state index in [4.69, 9.17) is 0 Å². The third-order valence-corrected chi connectivity index (χ3v) is 2.05. The van der Waals surface area contributed by atoms with Gasteiger partial charge in [0.15, 0.2) is 0 Å². The van der Waals surface area contributed by atoms with Crippen molar-refractivity contribution in [2.24, 2.45) is 0 Å². The summed E-state index contributed by atoms with van der Waals surface area (Å²) >= 11 is 0. The van der Waals surface area contributed by atoms with Crippen LogP contribution in [0, 0.1) is 11.8 Å². The Hall–Kier alpha value is -1.29. The second kappa shape index (κ2) is 7.15. The van der Waals surface area contributed by atoms with Crippen molar-refractivity contribution in [2.75, 3.05) is 0 Å². The van der Waals surface area contributed by atoms with E-state index in [-0.39, 0.29) is 0 Å². The molecular formula is C13H17N. The molecule has 0 N–H and O–H groups in total. The van der Waals surface area contributed by atoms with Crippen LogP contribution in [-0.2, 0) is 0 Å². The van der Waals surface area contributed by atoms with E-state index in [0.717, 1.165) is 12.0 Å². The van der Waals surface area contributed by atoms with Gasteiger partial charge in [-0.05, 0) is 18.6 Å². The van der Waals surface area contributed by atoms with Gasteiger partial charge in [0.05, 0.1) is 0 Å². The van der Waals surface area contributed by atoms with Gasteiger partial charge in [0.1, 0.15) is 0 Å². The van der Waals surface area contributed by atoms with Gasteiger partial charge in [0.25, 0.3) is 0 Å². The molecule has 0 aliphatic carbocycles. The van der Waals surface area contributed by atoms with Gasteiger partial charge < -0.3 is 0 Å². The van der Waals surface area contributed by atoms with E-state index in [1.165, 1.54) is 25.7 Å². The number of hydrogen-bond donors (Lipinski definition) is 0. The molecule has 1 aromatic heterocycles. The minimum atomic E-state index is 1.01. The Kier molecular flexibility index (Phi) is 5.51. The fourth-order valence-corrected chi connectivity index (χ4v) is 1.24. The SMILES string of the molecule is CCCCCCC#Cc1cccnc1. The first-order valence-electron chi connectivity index (χ1n) is 5.32. The zero-order valence-electron chi connectivity index (χ0n) is 8.79. The highest BCUT2D eigenvalue weighted by Gasteiger charge is 1.85. The minimum Gasteiger partial charge on any atom is -0.263 e. The maximum Gasteiger partial charge on any atom is 0.0428 e. The van der Waals surface area contributed by atoms with Crippen LogP contribution in [0.1, 0.15) is 44.6 Å². The summed E-state index contributed by atoms with van der Waals surface area (Å²) in [4.78, 5) is 4.01. The Balaban J connectivity index is 2.21. The van der Waals surface area contributed by atoms with Crippen LogP contribution in [0.15, 0.2) is 24.5 Å². The number of hydrogen-bond acceptors (Lipinski definition) is 1. The summed E-state index contributed by atoms with van der Waals surface area (Å²) in [6.45, 7) is 2.22. The lowest BCUT2D eigenvalue weighted by Crippen LogP contribution is -1.76. The Bertz CT molecular complexity index is 292. The number of unbranched alkanes of at least 4 members (excludes halogenated alkanes) is 4. The van der Waals surface area contributed by atoms with Crippen LogP contribution in [0.4, 0.5) is 0 Å². The van der Waals surface area contributed by atoms with Gasteiger partial charge in [-0.25, -0.2) is 0 Å². The van der Waals surface area contributed by atoms with Gasteiger partial charge in [-0.2, -0.15) is 0 Å². The Morgan fingerprint density at radius 3 is 2.93 bits per heavy atom. The van der Waals surface area contributed by atoms with Crippen LogP contribution in [0.25, 0.3) is 0 Å². The van der Waals surface area contributed by atoms with E-state index < -0.39 is 0 Å².